The van der Waals surface area contributed by atoms with Crippen LogP contribution in [0, 0.1) is 0 Å². The molecule has 0 aromatic heterocycles. The Bertz CT molecular complexity index is 2560. The molecule has 9 aromatic rings. The smallest absolute Gasteiger partial charge is 0.0546 e. The zero-order valence-corrected chi connectivity index (χ0v) is 25.8. The van der Waals surface area contributed by atoms with E-state index in [9.17, 15) is 0 Å². The van der Waals surface area contributed by atoms with Gasteiger partial charge in [-0.05, 0) is 78.7 Å². The van der Waals surface area contributed by atoms with Gasteiger partial charge in [0.2, 0.25) is 0 Å². The third-order valence-electron chi connectivity index (χ3n) is 9.43. The third-order valence-corrected chi connectivity index (χ3v) is 9.43. The molecule has 0 heterocycles. The highest BCUT2D eigenvalue weighted by Gasteiger charge is 2.23. The summed E-state index contributed by atoms with van der Waals surface area (Å²) in [4.78, 5) is 2.48. The van der Waals surface area contributed by atoms with Gasteiger partial charge in [0, 0.05) is 16.6 Å². The minimum atomic E-state index is 1.11. The number of anilines is 3. The first-order chi connectivity index (χ1) is 23.3. The fourth-order valence-electron chi connectivity index (χ4n) is 7.23. The molecule has 1 heteroatoms. The molecule has 0 amide bonds. The molecule has 0 aliphatic heterocycles. The van der Waals surface area contributed by atoms with Gasteiger partial charge in [-0.2, -0.15) is 0 Å². The first kappa shape index (κ1) is 27.2. The van der Waals surface area contributed by atoms with Gasteiger partial charge in [-0.25, -0.2) is 0 Å². The van der Waals surface area contributed by atoms with Gasteiger partial charge in [0.15, 0.2) is 0 Å². The van der Waals surface area contributed by atoms with Crippen molar-refractivity contribution in [1.82, 2.24) is 0 Å². The summed E-state index contributed by atoms with van der Waals surface area (Å²) in [5, 5.41) is 9.89. The first-order valence-electron chi connectivity index (χ1n) is 16.2. The molecule has 1 nitrogen and oxygen atoms in total. The fraction of sp³-hybridized carbons (Fsp3) is 0. The second-order valence-electron chi connectivity index (χ2n) is 12.1. The minimum absolute atomic E-state index is 1.11. The van der Waals surface area contributed by atoms with Crippen molar-refractivity contribution in [1.29, 1.82) is 0 Å². The van der Waals surface area contributed by atoms with Gasteiger partial charge >= 0.3 is 0 Å². The molecular formula is C46H31N. The van der Waals surface area contributed by atoms with Crippen LogP contribution < -0.4 is 4.90 Å². The van der Waals surface area contributed by atoms with E-state index in [-0.39, 0.29) is 0 Å². The Hall–Kier alpha value is -6.18. The maximum Gasteiger partial charge on any atom is 0.0546 e. The fourth-order valence-corrected chi connectivity index (χ4v) is 7.23. The van der Waals surface area contributed by atoms with Crippen LogP contribution in [0.25, 0.3) is 65.3 Å². The maximum absolute atomic E-state index is 2.48. The van der Waals surface area contributed by atoms with Gasteiger partial charge in [-0.3, -0.25) is 0 Å². The van der Waals surface area contributed by atoms with Crippen molar-refractivity contribution in [2.75, 3.05) is 4.90 Å². The molecule has 9 aromatic carbocycles. The first-order valence-corrected chi connectivity index (χ1v) is 16.2. The molecular weight excluding hydrogens is 567 g/mol. The molecule has 0 bridgehead atoms. The van der Waals surface area contributed by atoms with E-state index >= 15 is 0 Å². The molecule has 0 fully saturated rings. The second-order valence-corrected chi connectivity index (χ2v) is 12.1. The average molecular weight is 598 g/mol. The number of benzene rings is 9. The van der Waals surface area contributed by atoms with Gasteiger partial charge in [0.25, 0.3) is 0 Å². The topological polar surface area (TPSA) is 3.24 Å². The standard InChI is InChI=1S/C46H31N/c1-2-13-32(14-3-1)33-25-28-37(29-26-33)47(45-31-36-17-6-8-20-39(36)41-22-10-11-23-42(41)45)44-30-27-35-16-5-9-21-40(35)46(44)43-24-12-18-34-15-4-7-19-38(34)43/h1-31H. The third kappa shape index (κ3) is 4.64. The monoisotopic (exact) mass is 597 g/mol. The Morgan fingerprint density at radius 1 is 0.298 bits per heavy atom. The van der Waals surface area contributed by atoms with Crippen LogP contribution in [-0.4, -0.2) is 0 Å². The summed E-state index contributed by atoms with van der Waals surface area (Å²) in [6, 6.07) is 68.4. The van der Waals surface area contributed by atoms with Crippen LogP contribution in [0.4, 0.5) is 17.1 Å². The summed E-state index contributed by atoms with van der Waals surface area (Å²) in [5.41, 5.74) is 8.28. The van der Waals surface area contributed by atoms with E-state index in [0.717, 1.165) is 17.1 Å². The Balaban J connectivity index is 1.39. The van der Waals surface area contributed by atoms with Crippen LogP contribution >= 0.6 is 0 Å². The Morgan fingerprint density at radius 3 is 1.62 bits per heavy atom. The van der Waals surface area contributed by atoms with Gasteiger partial charge < -0.3 is 4.90 Å². The Kier molecular flexibility index (Phi) is 6.54. The van der Waals surface area contributed by atoms with Crippen LogP contribution in [0.1, 0.15) is 0 Å². The van der Waals surface area contributed by atoms with Crippen molar-refractivity contribution in [2.45, 2.75) is 0 Å². The van der Waals surface area contributed by atoms with Gasteiger partial charge in [0.05, 0.1) is 11.4 Å². The lowest BCUT2D eigenvalue weighted by Gasteiger charge is -2.30. The van der Waals surface area contributed by atoms with Crippen LogP contribution in [-0.2, 0) is 0 Å². The molecule has 220 valence electrons. The molecule has 0 radical (unpaired) electrons. The number of hydrogen-bond donors (Lipinski definition) is 0. The zero-order chi connectivity index (χ0) is 31.2. The quantitative estimate of drug-likeness (QED) is 0.178. The molecule has 0 aliphatic rings. The molecule has 0 aliphatic carbocycles. The predicted octanol–water partition coefficient (Wildman–Crippen LogP) is 13.1. The van der Waals surface area contributed by atoms with Crippen molar-refractivity contribution in [2.24, 2.45) is 0 Å². The summed E-state index contributed by atoms with van der Waals surface area (Å²) >= 11 is 0. The van der Waals surface area contributed by atoms with Crippen molar-refractivity contribution < 1.29 is 0 Å². The van der Waals surface area contributed by atoms with Crippen molar-refractivity contribution in [3.63, 3.8) is 0 Å². The van der Waals surface area contributed by atoms with E-state index in [2.05, 4.69) is 193 Å². The van der Waals surface area contributed by atoms with Crippen LogP contribution in [0.3, 0.4) is 0 Å². The average Bonchev–Trinajstić information content (AvgIpc) is 3.15. The lowest BCUT2D eigenvalue weighted by atomic mass is 9.91. The molecule has 0 atom stereocenters. The molecule has 0 N–H and O–H groups in total. The van der Waals surface area contributed by atoms with Crippen LogP contribution in [0.15, 0.2) is 188 Å². The van der Waals surface area contributed by atoms with E-state index in [0.29, 0.717) is 0 Å². The van der Waals surface area contributed by atoms with E-state index in [1.165, 1.54) is 65.3 Å². The Labute approximate surface area is 274 Å². The highest BCUT2D eigenvalue weighted by atomic mass is 15.1. The summed E-state index contributed by atoms with van der Waals surface area (Å²) in [6.07, 6.45) is 0. The molecule has 0 saturated heterocycles. The highest BCUT2D eigenvalue weighted by molar-refractivity contribution is 6.17. The van der Waals surface area contributed by atoms with Gasteiger partial charge in [-0.15, -0.1) is 0 Å². The minimum Gasteiger partial charge on any atom is -0.309 e. The SMILES string of the molecule is c1ccc(-c2ccc(N(c3ccc4ccccc4c3-c3cccc4ccccc34)c3cc4ccccc4c4ccccc34)cc2)cc1. The van der Waals surface area contributed by atoms with Gasteiger partial charge in [0.1, 0.15) is 0 Å². The summed E-state index contributed by atoms with van der Waals surface area (Å²) in [7, 11) is 0. The largest absolute Gasteiger partial charge is 0.309 e. The number of hydrogen-bond acceptors (Lipinski definition) is 1. The normalized spacial score (nSPS) is 11.4. The molecule has 0 unspecified atom stereocenters. The van der Waals surface area contributed by atoms with Crippen LogP contribution in [0.2, 0.25) is 0 Å². The lowest BCUT2D eigenvalue weighted by molar-refractivity contribution is 1.31. The van der Waals surface area contributed by atoms with E-state index in [1.807, 2.05) is 0 Å². The maximum atomic E-state index is 2.48. The predicted molar refractivity (Wildman–Crippen MR) is 202 cm³/mol. The molecule has 47 heavy (non-hydrogen) atoms. The van der Waals surface area contributed by atoms with E-state index in [1.54, 1.807) is 0 Å². The lowest BCUT2D eigenvalue weighted by Crippen LogP contribution is -2.12. The summed E-state index contributed by atoms with van der Waals surface area (Å²) in [5.74, 6) is 0. The van der Waals surface area contributed by atoms with Crippen LogP contribution in [0.5, 0.6) is 0 Å². The van der Waals surface area contributed by atoms with Crippen molar-refractivity contribution in [3.05, 3.63) is 188 Å². The number of rotatable bonds is 5. The van der Waals surface area contributed by atoms with E-state index < -0.39 is 0 Å². The van der Waals surface area contributed by atoms with Crippen molar-refractivity contribution in [3.8, 4) is 22.3 Å². The zero-order valence-electron chi connectivity index (χ0n) is 25.8. The summed E-state index contributed by atoms with van der Waals surface area (Å²) < 4.78 is 0. The molecule has 9 rings (SSSR count). The van der Waals surface area contributed by atoms with Gasteiger partial charge in [-0.1, -0.05) is 164 Å². The number of nitrogens with zero attached hydrogens (tertiary/aromatic N) is 1. The number of fused-ring (bicyclic) bond motifs is 5. The summed E-state index contributed by atoms with van der Waals surface area (Å²) in [6.45, 7) is 0. The van der Waals surface area contributed by atoms with E-state index in [4.69, 9.17) is 0 Å². The highest BCUT2D eigenvalue weighted by Crippen LogP contribution is 2.48. The van der Waals surface area contributed by atoms with Crippen molar-refractivity contribution >= 4 is 60.2 Å². The molecule has 0 spiro atoms. The Morgan fingerprint density at radius 2 is 0.851 bits per heavy atom. The molecule has 0 saturated carbocycles. The second kappa shape index (κ2) is 11.3.